The number of hydrogen-bond acceptors (Lipinski definition) is 3. The van der Waals surface area contributed by atoms with Gasteiger partial charge in [-0.25, -0.2) is 0 Å². The second-order valence-corrected chi connectivity index (χ2v) is 9.53. The maximum atomic E-state index is 13.7. The molecule has 1 heterocycles. The van der Waals surface area contributed by atoms with E-state index < -0.39 is 0 Å². The van der Waals surface area contributed by atoms with Gasteiger partial charge in [0.15, 0.2) is 5.78 Å². The molecule has 162 valence electrons. The van der Waals surface area contributed by atoms with E-state index in [4.69, 9.17) is 4.74 Å². The summed E-state index contributed by atoms with van der Waals surface area (Å²) in [5.74, 6) is 0.572. The second-order valence-electron chi connectivity index (χ2n) is 9.53. The highest BCUT2D eigenvalue weighted by Gasteiger charge is 2.45. The van der Waals surface area contributed by atoms with E-state index >= 15 is 0 Å². The van der Waals surface area contributed by atoms with E-state index in [0.717, 1.165) is 33.3 Å². The van der Waals surface area contributed by atoms with E-state index in [9.17, 15) is 9.59 Å². The average molecular weight is 426 g/mol. The summed E-state index contributed by atoms with van der Waals surface area (Å²) < 4.78 is 5.60. The Labute approximate surface area is 188 Å². The van der Waals surface area contributed by atoms with Gasteiger partial charge >= 0.3 is 0 Å². The number of amides is 1. The SMILES string of the molecule is COc1ccccc1C1CC(=O)N(c2cccc3ccccc23)C2=C1C(=O)CC(C)(C)C2. The Morgan fingerprint density at radius 1 is 0.906 bits per heavy atom. The predicted octanol–water partition coefficient (Wildman–Crippen LogP) is 6.01. The van der Waals surface area contributed by atoms with E-state index in [1.807, 2.05) is 59.5 Å². The van der Waals surface area contributed by atoms with Crippen molar-refractivity contribution >= 4 is 28.2 Å². The van der Waals surface area contributed by atoms with Crippen LogP contribution in [0, 0.1) is 5.41 Å². The summed E-state index contributed by atoms with van der Waals surface area (Å²) in [5, 5.41) is 2.09. The molecule has 1 amide bonds. The van der Waals surface area contributed by atoms with Crippen LogP contribution in [0.2, 0.25) is 0 Å². The fourth-order valence-electron chi connectivity index (χ4n) is 5.32. The maximum Gasteiger partial charge on any atom is 0.232 e. The van der Waals surface area contributed by atoms with Crippen LogP contribution in [0.3, 0.4) is 0 Å². The molecule has 0 saturated carbocycles. The van der Waals surface area contributed by atoms with Crippen molar-refractivity contribution in [2.75, 3.05) is 12.0 Å². The zero-order valence-corrected chi connectivity index (χ0v) is 18.7. The number of ketones is 1. The van der Waals surface area contributed by atoms with E-state index in [0.29, 0.717) is 18.6 Å². The van der Waals surface area contributed by atoms with Crippen molar-refractivity contribution in [2.24, 2.45) is 5.41 Å². The summed E-state index contributed by atoms with van der Waals surface area (Å²) in [6, 6.07) is 21.8. The number of anilines is 1. The van der Waals surface area contributed by atoms with Crippen LogP contribution < -0.4 is 9.64 Å². The van der Waals surface area contributed by atoms with E-state index in [-0.39, 0.29) is 29.4 Å². The third kappa shape index (κ3) is 3.31. The molecule has 4 nitrogen and oxygen atoms in total. The molecule has 0 spiro atoms. The zero-order valence-electron chi connectivity index (χ0n) is 18.7. The molecule has 0 saturated heterocycles. The number of benzene rings is 3. The number of fused-ring (bicyclic) bond motifs is 1. The van der Waals surface area contributed by atoms with Gasteiger partial charge in [0.1, 0.15) is 5.75 Å². The average Bonchev–Trinajstić information content (AvgIpc) is 2.77. The van der Waals surface area contributed by atoms with Gasteiger partial charge in [-0.3, -0.25) is 14.5 Å². The van der Waals surface area contributed by atoms with Gasteiger partial charge < -0.3 is 4.74 Å². The number of rotatable bonds is 3. The molecule has 0 fully saturated rings. The van der Waals surface area contributed by atoms with Gasteiger partial charge in [-0.2, -0.15) is 0 Å². The summed E-state index contributed by atoms with van der Waals surface area (Å²) in [6.07, 6.45) is 1.40. The molecular formula is C28H27NO3. The molecule has 4 heteroatoms. The number of Topliss-reactive ketones (excluding diaryl/α,β-unsaturated/α-hetero) is 1. The standard InChI is InChI=1S/C28H27NO3/c1-28(2)16-23-27(24(30)17-28)21(20-12-6-7-14-25(20)32-3)15-26(31)29(23)22-13-8-10-18-9-4-5-11-19(18)22/h4-14,21H,15-17H2,1-3H3. The first-order valence-corrected chi connectivity index (χ1v) is 11.1. The van der Waals surface area contributed by atoms with E-state index in [2.05, 4.69) is 26.0 Å². The van der Waals surface area contributed by atoms with Crippen molar-refractivity contribution in [2.45, 2.75) is 39.0 Å². The molecule has 0 bridgehead atoms. The minimum Gasteiger partial charge on any atom is -0.496 e. The van der Waals surface area contributed by atoms with Crippen molar-refractivity contribution < 1.29 is 14.3 Å². The molecule has 2 aliphatic rings. The smallest absolute Gasteiger partial charge is 0.232 e. The van der Waals surface area contributed by atoms with Crippen LogP contribution in [0.15, 0.2) is 78.0 Å². The molecule has 0 N–H and O–H groups in total. The number of allylic oxidation sites excluding steroid dienone is 2. The van der Waals surface area contributed by atoms with Crippen molar-refractivity contribution in [1.82, 2.24) is 0 Å². The quantitative estimate of drug-likeness (QED) is 0.516. The lowest BCUT2D eigenvalue weighted by molar-refractivity contribution is -0.121. The Kier molecular flexibility index (Phi) is 4.89. The zero-order chi connectivity index (χ0) is 22.5. The van der Waals surface area contributed by atoms with Gasteiger partial charge in [-0.15, -0.1) is 0 Å². The summed E-state index contributed by atoms with van der Waals surface area (Å²) in [5.41, 5.74) is 3.16. The Morgan fingerprint density at radius 3 is 2.44 bits per heavy atom. The van der Waals surface area contributed by atoms with Crippen molar-refractivity contribution in [3.63, 3.8) is 0 Å². The number of carbonyl (C=O) groups excluding carboxylic acids is 2. The highest BCUT2D eigenvalue weighted by molar-refractivity contribution is 6.11. The lowest BCUT2D eigenvalue weighted by Crippen LogP contribution is -2.43. The summed E-state index contributed by atoms with van der Waals surface area (Å²) in [7, 11) is 1.63. The number of ether oxygens (including phenoxy) is 1. The van der Waals surface area contributed by atoms with Gasteiger partial charge in [0, 0.05) is 41.0 Å². The predicted molar refractivity (Wildman–Crippen MR) is 127 cm³/mol. The van der Waals surface area contributed by atoms with Crippen LogP contribution in [-0.2, 0) is 9.59 Å². The molecular weight excluding hydrogens is 398 g/mol. The minimum atomic E-state index is -0.288. The molecule has 0 aromatic heterocycles. The summed E-state index contributed by atoms with van der Waals surface area (Å²) >= 11 is 0. The highest BCUT2D eigenvalue weighted by atomic mass is 16.5. The van der Waals surface area contributed by atoms with Gasteiger partial charge in [-0.05, 0) is 29.4 Å². The van der Waals surface area contributed by atoms with Crippen LogP contribution >= 0.6 is 0 Å². The first-order valence-electron chi connectivity index (χ1n) is 11.1. The minimum absolute atomic E-state index is 0.0153. The van der Waals surface area contributed by atoms with Gasteiger partial charge in [0.25, 0.3) is 0 Å². The molecule has 1 unspecified atom stereocenters. The first kappa shape index (κ1) is 20.5. The van der Waals surface area contributed by atoms with E-state index in [1.165, 1.54) is 0 Å². The van der Waals surface area contributed by atoms with Crippen LogP contribution in [0.5, 0.6) is 5.75 Å². The Hall–Kier alpha value is -3.40. The maximum absolute atomic E-state index is 13.7. The van der Waals surface area contributed by atoms with Crippen LogP contribution in [0.4, 0.5) is 5.69 Å². The fraction of sp³-hybridized carbons (Fsp3) is 0.286. The van der Waals surface area contributed by atoms with Gasteiger partial charge in [-0.1, -0.05) is 68.4 Å². The molecule has 5 rings (SSSR count). The van der Waals surface area contributed by atoms with Gasteiger partial charge in [0.2, 0.25) is 5.91 Å². The number of nitrogens with zero attached hydrogens (tertiary/aromatic N) is 1. The molecule has 3 aromatic carbocycles. The number of para-hydroxylation sites is 1. The molecule has 0 radical (unpaired) electrons. The Morgan fingerprint density at radius 2 is 1.62 bits per heavy atom. The monoisotopic (exact) mass is 425 g/mol. The summed E-state index contributed by atoms with van der Waals surface area (Å²) in [4.78, 5) is 29.1. The summed E-state index contributed by atoms with van der Waals surface area (Å²) in [6.45, 7) is 4.21. The molecule has 1 aliphatic carbocycles. The Balaban J connectivity index is 1.76. The number of hydrogen-bond donors (Lipinski definition) is 0. The lowest BCUT2D eigenvalue weighted by Gasteiger charge is -2.43. The normalized spacial score (nSPS) is 20.5. The first-order chi connectivity index (χ1) is 15.4. The van der Waals surface area contributed by atoms with Crippen molar-refractivity contribution in [1.29, 1.82) is 0 Å². The van der Waals surface area contributed by atoms with Crippen LogP contribution in [0.25, 0.3) is 10.8 Å². The largest absolute Gasteiger partial charge is 0.496 e. The highest BCUT2D eigenvalue weighted by Crippen LogP contribution is 2.50. The number of methoxy groups -OCH3 is 1. The lowest BCUT2D eigenvalue weighted by atomic mass is 9.69. The molecule has 32 heavy (non-hydrogen) atoms. The van der Waals surface area contributed by atoms with Crippen molar-refractivity contribution in [3.05, 3.63) is 83.6 Å². The van der Waals surface area contributed by atoms with Crippen LogP contribution in [-0.4, -0.2) is 18.8 Å². The third-order valence-electron chi connectivity index (χ3n) is 6.66. The molecule has 3 aromatic rings. The van der Waals surface area contributed by atoms with E-state index in [1.54, 1.807) is 7.11 Å². The third-order valence-corrected chi connectivity index (χ3v) is 6.66. The molecule has 1 atom stereocenters. The van der Waals surface area contributed by atoms with Crippen molar-refractivity contribution in [3.8, 4) is 5.75 Å². The Bertz CT molecular complexity index is 1270. The number of carbonyl (C=O) groups is 2. The van der Waals surface area contributed by atoms with Crippen LogP contribution in [0.1, 0.15) is 44.6 Å². The molecule has 1 aliphatic heterocycles. The topological polar surface area (TPSA) is 46.6 Å². The second kappa shape index (κ2) is 7.63. The fourth-order valence-corrected chi connectivity index (χ4v) is 5.32. The van der Waals surface area contributed by atoms with Gasteiger partial charge in [0.05, 0.1) is 12.8 Å².